The van der Waals surface area contributed by atoms with Crippen LogP contribution in [0.15, 0.2) is 18.5 Å². The Morgan fingerprint density at radius 2 is 2.00 bits per heavy atom. The molecule has 114 valence electrons. The van der Waals surface area contributed by atoms with Gasteiger partial charge in [-0.3, -0.25) is 4.79 Å². The molecule has 0 aromatic carbocycles. The molecule has 0 radical (unpaired) electrons. The van der Waals surface area contributed by atoms with Gasteiger partial charge in [-0.05, 0) is 37.7 Å². The number of aromatic nitrogens is 2. The van der Waals surface area contributed by atoms with Gasteiger partial charge in [0.1, 0.15) is 6.04 Å². The van der Waals surface area contributed by atoms with Crippen LogP contribution in [0.5, 0.6) is 0 Å². The Morgan fingerprint density at radius 1 is 1.24 bits per heavy atom. The monoisotopic (exact) mass is 290 g/mol. The third-order valence-corrected chi connectivity index (χ3v) is 4.44. The van der Waals surface area contributed by atoms with E-state index in [1.807, 2.05) is 9.80 Å². The average Bonchev–Trinajstić information content (AvgIpc) is 3.04. The van der Waals surface area contributed by atoms with Crippen molar-refractivity contribution in [2.24, 2.45) is 5.92 Å². The van der Waals surface area contributed by atoms with Crippen LogP contribution in [-0.2, 0) is 4.79 Å². The Bertz CT molecular complexity index is 482. The molecule has 1 aromatic rings. The van der Waals surface area contributed by atoms with Gasteiger partial charge in [0.05, 0.1) is 0 Å². The van der Waals surface area contributed by atoms with Crippen LogP contribution >= 0.6 is 0 Å². The number of carbonyl (C=O) groups excluding carboxylic acids is 1. The molecule has 0 aliphatic carbocycles. The molecule has 3 heterocycles. The summed E-state index contributed by atoms with van der Waals surface area (Å²) in [6.07, 6.45) is 7.26. The van der Waals surface area contributed by atoms with Crippen LogP contribution in [0, 0.1) is 5.92 Å². The number of nitrogens with zero attached hydrogens (tertiary/aromatic N) is 4. The number of piperidine rings is 1. The van der Waals surface area contributed by atoms with E-state index in [0.717, 1.165) is 38.8 Å². The van der Waals surface area contributed by atoms with Gasteiger partial charge in [0.15, 0.2) is 0 Å². The third kappa shape index (κ3) is 3.00. The third-order valence-electron chi connectivity index (χ3n) is 4.44. The molecule has 1 aromatic heterocycles. The Labute approximate surface area is 124 Å². The molecule has 2 aliphatic heterocycles. The van der Waals surface area contributed by atoms with E-state index in [9.17, 15) is 9.90 Å². The van der Waals surface area contributed by atoms with Crippen molar-refractivity contribution in [1.82, 2.24) is 14.9 Å². The quantitative estimate of drug-likeness (QED) is 0.886. The van der Waals surface area contributed by atoms with Crippen LogP contribution in [0.3, 0.4) is 0 Å². The summed E-state index contributed by atoms with van der Waals surface area (Å²) in [5, 5.41) is 9.32. The lowest BCUT2D eigenvalue weighted by Gasteiger charge is -2.35. The zero-order valence-corrected chi connectivity index (χ0v) is 12.2. The van der Waals surface area contributed by atoms with Gasteiger partial charge >= 0.3 is 0 Å². The topological polar surface area (TPSA) is 69.6 Å². The molecule has 1 amide bonds. The van der Waals surface area contributed by atoms with Gasteiger partial charge in [-0.2, -0.15) is 0 Å². The minimum absolute atomic E-state index is 0.148. The Hall–Kier alpha value is -1.69. The predicted octanol–water partition coefficient (Wildman–Crippen LogP) is 0.676. The van der Waals surface area contributed by atoms with E-state index < -0.39 is 0 Å². The van der Waals surface area contributed by atoms with E-state index in [4.69, 9.17) is 0 Å². The zero-order chi connectivity index (χ0) is 14.7. The summed E-state index contributed by atoms with van der Waals surface area (Å²) in [5.74, 6) is 1.03. The van der Waals surface area contributed by atoms with E-state index in [1.54, 1.807) is 18.5 Å². The van der Waals surface area contributed by atoms with Gasteiger partial charge in [0, 0.05) is 38.6 Å². The summed E-state index contributed by atoms with van der Waals surface area (Å²) in [5.41, 5.74) is 0. The number of likely N-dealkylation sites (tertiary alicyclic amines) is 1. The van der Waals surface area contributed by atoms with Crippen LogP contribution < -0.4 is 4.90 Å². The number of hydrogen-bond acceptors (Lipinski definition) is 5. The fourth-order valence-electron chi connectivity index (χ4n) is 3.33. The highest BCUT2D eigenvalue weighted by Crippen LogP contribution is 2.25. The van der Waals surface area contributed by atoms with E-state index in [-0.39, 0.29) is 24.5 Å². The Balaban J connectivity index is 1.71. The van der Waals surface area contributed by atoms with Crippen molar-refractivity contribution in [2.45, 2.75) is 31.7 Å². The van der Waals surface area contributed by atoms with Crippen molar-refractivity contribution in [1.29, 1.82) is 0 Å². The predicted molar refractivity (Wildman–Crippen MR) is 78.8 cm³/mol. The highest BCUT2D eigenvalue weighted by Gasteiger charge is 2.36. The molecule has 2 aliphatic rings. The molecule has 2 fully saturated rings. The summed E-state index contributed by atoms with van der Waals surface area (Å²) < 4.78 is 0. The van der Waals surface area contributed by atoms with Crippen molar-refractivity contribution in [3.05, 3.63) is 18.5 Å². The molecular formula is C15H22N4O2. The number of rotatable bonds is 3. The maximum Gasteiger partial charge on any atom is 0.245 e. The van der Waals surface area contributed by atoms with Gasteiger partial charge in [0.2, 0.25) is 11.9 Å². The van der Waals surface area contributed by atoms with Crippen molar-refractivity contribution in [2.75, 3.05) is 31.1 Å². The minimum Gasteiger partial charge on any atom is -0.396 e. The molecule has 6 nitrogen and oxygen atoms in total. The zero-order valence-electron chi connectivity index (χ0n) is 12.2. The van der Waals surface area contributed by atoms with Gasteiger partial charge in [0.25, 0.3) is 0 Å². The van der Waals surface area contributed by atoms with E-state index in [0.29, 0.717) is 12.5 Å². The maximum atomic E-state index is 12.8. The number of aliphatic hydroxyl groups is 1. The van der Waals surface area contributed by atoms with Crippen LogP contribution in [0.1, 0.15) is 25.7 Å². The average molecular weight is 290 g/mol. The van der Waals surface area contributed by atoms with Gasteiger partial charge in [-0.25, -0.2) is 9.97 Å². The van der Waals surface area contributed by atoms with Gasteiger partial charge < -0.3 is 14.9 Å². The molecule has 3 rings (SSSR count). The van der Waals surface area contributed by atoms with Crippen molar-refractivity contribution in [3.63, 3.8) is 0 Å². The first-order valence-corrected chi connectivity index (χ1v) is 7.73. The van der Waals surface area contributed by atoms with Crippen LogP contribution in [0.2, 0.25) is 0 Å². The van der Waals surface area contributed by atoms with Crippen LogP contribution in [0.25, 0.3) is 0 Å². The molecule has 21 heavy (non-hydrogen) atoms. The summed E-state index contributed by atoms with van der Waals surface area (Å²) in [4.78, 5) is 25.3. The molecular weight excluding hydrogens is 268 g/mol. The van der Waals surface area contributed by atoms with Crippen LogP contribution in [-0.4, -0.2) is 58.2 Å². The SMILES string of the molecule is O=C(C1CCCN1c1ncccn1)N1CCCC(CO)C1. The highest BCUT2D eigenvalue weighted by molar-refractivity contribution is 5.85. The fraction of sp³-hybridized carbons (Fsp3) is 0.667. The van der Waals surface area contributed by atoms with Crippen molar-refractivity contribution in [3.8, 4) is 0 Å². The highest BCUT2D eigenvalue weighted by atomic mass is 16.3. The maximum absolute atomic E-state index is 12.8. The largest absolute Gasteiger partial charge is 0.396 e. The van der Waals surface area contributed by atoms with E-state index in [2.05, 4.69) is 9.97 Å². The van der Waals surface area contributed by atoms with E-state index in [1.165, 1.54) is 0 Å². The standard InChI is InChI=1S/C15H22N4O2/c20-11-12-4-1-8-18(10-12)14(21)13-5-2-9-19(13)15-16-6-3-7-17-15/h3,6-7,12-13,20H,1-2,4-5,8-11H2. The summed E-state index contributed by atoms with van der Waals surface area (Å²) in [6.45, 7) is 2.47. The number of carbonyl (C=O) groups is 1. The molecule has 1 N–H and O–H groups in total. The van der Waals surface area contributed by atoms with Crippen molar-refractivity contribution < 1.29 is 9.90 Å². The first-order chi connectivity index (χ1) is 10.3. The van der Waals surface area contributed by atoms with E-state index >= 15 is 0 Å². The van der Waals surface area contributed by atoms with Crippen molar-refractivity contribution >= 4 is 11.9 Å². The minimum atomic E-state index is -0.148. The second-order valence-electron chi connectivity index (χ2n) is 5.88. The summed E-state index contributed by atoms with van der Waals surface area (Å²) in [7, 11) is 0. The number of anilines is 1. The molecule has 2 unspecified atom stereocenters. The Morgan fingerprint density at radius 3 is 2.76 bits per heavy atom. The first-order valence-electron chi connectivity index (χ1n) is 7.73. The molecule has 2 saturated heterocycles. The number of hydrogen-bond donors (Lipinski definition) is 1. The number of amides is 1. The molecule has 0 bridgehead atoms. The second-order valence-corrected chi connectivity index (χ2v) is 5.88. The molecule has 2 atom stereocenters. The van der Waals surface area contributed by atoms with Gasteiger partial charge in [-0.15, -0.1) is 0 Å². The van der Waals surface area contributed by atoms with Gasteiger partial charge in [-0.1, -0.05) is 0 Å². The summed E-state index contributed by atoms with van der Waals surface area (Å²) in [6, 6.07) is 1.64. The molecule has 0 saturated carbocycles. The molecule has 0 spiro atoms. The molecule has 6 heteroatoms. The lowest BCUT2D eigenvalue weighted by molar-refractivity contribution is -0.134. The van der Waals surface area contributed by atoms with Crippen LogP contribution in [0.4, 0.5) is 5.95 Å². The Kier molecular flexibility index (Phi) is 4.34. The summed E-state index contributed by atoms with van der Waals surface area (Å²) >= 11 is 0. The normalized spacial score (nSPS) is 26.1. The fourth-order valence-corrected chi connectivity index (χ4v) is 3.33. The number of aliphatic hydroxyl groups excluding tert-OH is 1. The first kappa shape index (κ1) is 14.3. The lowest BCUT2D eigenvalue weighted by Crippen LogP contribution is -2.50. The smallest absolute Gasteiger partial charge is 0.245 e. The lowest BCUT2D eigenvalue weighted by atomic mass is 9.98. The second kappa shape index (κ2) is 6.39.